The zero-order valence-electron chi connectivity index (χ0n) is 17.9. The summed E-state index contributed by atoms with van der Waals surface area (Å²) in [5.74, 6) is -0.00366. The normalized spacial score (nSPS) is 13.3. The Hall–Kier alpha value is -1.08. The van der Waals surface area contributed by atoms with Crippen LogP contribution in [0.4, 0.5) is 0 Å². The van der Waals surface area contributed by atoms with Gasteiger partial charge in [-0.2, -0.15) is 0 Å². The van der Waals surface area contributed by atoms with Gasteiger partial charge in [-0.25, -0.2) is 0 Å². The zero-order chi connectivity index (χ0) is 22.1. The lowest BCUT2D eigenvalue weighted by Gasteiger charge is -2.29. The Morgan fingerprint density at radius 1 is 0.828 bits per heavy atom. The van der Waals surface area contributed by atoms with E-state index in [2.05, 4.69) is 0 Å². The predicted octanol–water partition coefficient (Wildman–Crippen LogP) is 4.98. The summed E-state index contributed by atoms with van der Waals surface area (Å²) in [6, 6.07) is 2.96. The lowest BCUT2D eigenvalue weighted by atomic mass is 10.1. The minimum atomic E-state index is -3.80. The van der Waals surface area contributed by atoms with E-state index >= 15 is 0 Å². The summed E-state index contributed by atoms with van der Waals surface area (Å²) in [6.07, 6.45) is -0.247. The summed E-state index contributed by atoms with van der Waals surface area (Å²) in [4.78, 5) is 0. The van der Waals surface area contributed by atoms with Crippen LogP contribution in [0.25, 0.3) is 0 Å². The molecule has 0 spiro atoms. The van der Waals surface area contributed by atoms with Crippen molar-refractivity contribution in [1.29, 1.82) is 0 Å². The Labute approximate surface area is 172 Å². The summed E-state index contributed by atoms with van der Waals surface area (Å²) in [6.45, 7) is 7.30. The van der Waals surface area contributed by atoms with E-state index in [-0.39, 0.29) is 49.8 Å². The largest absolute Gasteiger partial charge is 0.502 e. The van der Waals surface area contributed by atoms with E-state index in [1.807, 2.05) is 0 Å². The fraction of sp³-hybridized carbons (Fsp3) is 0.667. The molecule has 1 rings (SSSR count). The predicted molar refractivity (Wildman–Crippen MR) is 111 cm³/mol. The molecule has 1 aromatic carbocycles. The van der Waals surface area contributed by atoms with Gasteiger partial charge in [-0.05, 0) is 45.4 Å². The van der Waals surface area contributed by atoms with Crippen LogP contribution in [0.15, 0.2) is 12.1 Å². The maximum absolute atomic E-state index is 13.7. The number of rotatable bonds is 14. The van der Waals surface area contributed by atoms with Crippen molar-refractivity contribution in [2.45, 2.75) is 33.4 Å². The van der Waals surface area contributed by atoms with Gasteiger partial charge in [0.05, 0.1) is 52.5 Å². The quantitative estimate of drug-likeness (QED) is 0.389. The summed E-state index contributed by atoms with van der Waals surface area (Å²) in [7, 11) is -4.66. The average Bonchev–Trinajstić information content (AvgIpc) is 2.67. The SMILES string of the molecule is CCOP(=O)(CC(c1cc(OC)c(O)c(OC)c1)P(=O)(OCC)OCC)OCC. The maximum Gasteiger partial charge on any atom is 0.338 e. The summed E-state index contributed by atoms with van der Waals surface area (Å²) >= 11 is 0. The van der Waals surface area contributed by atoms with E-state index in [1.54, 1.807) is 27.7 Å². The van der Waals surface area contributed by atoms with Gasteiger partial charge in [0.15, 0.2) is 11.5 Å². The topological polar surface area (TPSA) is 110 Å². The van der Waals surface area contributed by atoms with Gasteiger partial charge in [0.2, 0.25) is 5.75 Å². The number of aromatic hydroxyl groups is 1. The molecule has 0 aliphatic carbocycles. The summed E-state index contributed by atoms with van der Waals surface area (Å²) in [5.41, 5.74) is -0.615. The number of hydrogen-bond donors (Lipinski definition) is 1. The summed E-state index contributed by atoms with van der Waals surface area (Å²) < 4.78 is 59.2. The molecule has 0 bridgehead atoms. The van der Waals surface area contributed by atoms with E-state index in [0.717, 1.165) is 0 Å². The van der Waals surface area contributed by atoms with Crippen LogP contribution < -0.4 is 9.47 Å². The monoisotopic (exact) mass is 454 g/mol. The summed E-state index contributed by atoms with van der Waals surface area (Å²) in [5, 5.41) is 10.2. The molecule has 0 aromatic heterocycles. The van der Waals surface area contributed by atoms with E-state index in [0.29, 0.717) is 5.56 Å². The Balaban J connectivity index is 3.63. The molecule has 0 heterocycles. The average molecular weight is 454 g/mol. The lowest BCUT2D eigenvalue weighted by molar-refractivity contribution is 0.203. The molecule has 11 heteroatoms. The molecule has 9 nitrogen and oxygen atoms in total. The minimum Gasteiger partial charge on any atom is -0.502 e. The van der Waals surface area contributed by atoms with Gasteiger partial charge < -0.3 is 32.7 Å². The molecule has 168 valence electrons. The van der Waals surface area contributed by atoms with Crippen molar-refractivity contribution in [3.8, 4) is 17.2 Å². The third kappa shape index (κ3) is 6.71. The van der Waals surface area contributed by atoms with Gasteiger partial charge in [-0.15, -0.1) is 0 Å². The molecule has 0 fully saturated rings. The van der Waals surface area contributed by atoms with Gasteiger partial charge in [-0.3, -0.25) is 9.13 Å². The molecule has 0 aliphatic rings. The first kappa shape index (κ1) is 26.0. The van der Waals surface area contributed by atoms with Crippen LogP contribution in [0, 0.1) is 0 Å². The van der Waals surface area contributed by atoms with Crippen molar-refractivity contribution < 1.29 is 41.8 Å². The molecular formula is C18H32O9P2. The lowest BCUT2D eigenvalue weighted by Crippen LogP contribution is -2.14. The molecule has 0 saturated heterocycles. The van der Waals surface area contributed by atoms with Crippen molar-refractivity contribution in [1.82, 2.24) is 0 Å². The zero-order valence-corrected chi connectivity index (χ0v) is 19.7. The second-order valence-electron chi connectivity index (χ2n) is 5.79. The second kappa shape index (κ2) is 11.9. The van der Waals surface area contributed by atoms with Crippen molar-refractivity contribution in [2.24, 2.45) is 0 Å². The Bertz CT molecular complexity index is 693. The Morgan fingerprint density at radius 3 is 1.59 bits per heavy atom. The first-order valence-electron chi connectivity index (χ1n) is 9.45. The maximum atomic E-state index is 13.7. The van der Waals surface area contributed by atoms with Crippen molar-refractivity contribution >= 4 is 15.2 Å². The first-order chi connectivity index (χ1) is 13.7. The third-order valence-electron chi connectivity index (χ3n) is 3.93. The second-order valence-corrected chi connectivity index (χ2v) is 10.1. The van der Waals surface area contributed by atoms with Crippen LogP contribution in [0.5, 0.6) is 17.2 Å². The molecule has 29 heavy (non-hydrogen) atoms. The van der Waals surface area contributed by atoms with Crippen molar-refractivity contribution in [3.05, 3.63) is 17.7 Å². The van der Waals surface area contributed by atoms with Gasteiger partial charge in [0.25, 0.3) is 0 Å². The van der Waals surface area contributed by atoms with Gasteiger partial charge >= 0.3 is 15.2 Å². The highest BCUT2D eigenvalue weighted by molar-refractivity contribution is 7.58. The number of benzene rings is 1. The Morgan fingerprint density at radius 2 is 1.24 bits per heavy atom. The highest BCUT2D eigenvalue weighted by atomic mass is 31.2. The fourth-order valence-electron chi connectivity index (χ4n) is 2.82. The smallest absolute Gasteiger partial charge is 0.338 e. The number of ether oxygens (including phenoxy) is 2. The van der Waals surface area contributed by atoms with E-state index in [9.17, 15) is 14.2 Å². The number of phenolic OH excluding ortho intramolecular Hbond substituents is 1. The number of methoxy groups -OCH3 is 2. The third-order valence-corrected chi connectivity index (χ3v) is 8.82. The van der Waals surface area contributed by atoms with Crippen LogP contribution in [0.1, 0.15) is 38.9 Å². The van der Waals surface area contributed by atoms with Crippen LogP contribution >= 0.6 is 15.2 Å². The molecule has 0 aliphatic heterocycles. The van der Waals surface area contributed by atoms with Crippen LogP contribution in [0.3, 0.4) is 0 Å². The first-order valence-corrected chi connectivity index (χ1v) is 12.8. The Kier molecular flexibility index (Phi) is 10.7. The molecular weight excluding hydrogens is 422 g/mol. The van der Waals surface area contributed by atoms with E-state index in [1.165, 1.54) is 26.4 Å². The van der Waals surface area contributed by atoms with Gasteiger partial charge in [0, 0.05) is 0 Å². The van der Waals surface area contributed by atoms with Crippen molar-refractivity contribution in [3.63, 3.8) is 0 Å². The standard InChI is InChI=1S/C18H32O9P2/c1-7-24-28(20,25-8-2)13-17(29(21,26-9-3)27-10-4)14-11-15(22-5)18(19)16(12-14)23-6/h11-12,17,19H,7-10,13H2,1-6H3. The van der Waals surface area contributed by atoms with Crippen LogP contribution in [-0.2, 0) is 27.2 Å². The molecule has 0 radical (unpaired) electrons. The molecule has 0 saturated carbocycles. The van der Waals surface area contributed by atoms with Crippen LogP contribution in [0.2, 0.25) is 0 Å². The highest BCUT2D eigenvalue weighted by Gasteiger charge is 2.43. The molecule has 1 unspecified atom stereocenters. The molecule has 1 aromatic rings. The van der Waals surface area contributed by atoms with Crippen molar-refractivity contribution in [2.75, 3.05) is 46.8 Å². The minimum absolute atomic E-state index is 0.103. The number of phenols is 1. The van der Waals surface area contributed by atoms with Gasteiger partial charge in [-0.1, -0.05) is 0 Å². The van der Waals surface area contributed by atoms with Gasteiger partial charge in [0.1, 0.15) is 0 Å². The fourth-order valence-corrected chi connectivity index (χ4v) is 7.59. The number of hydrogen-bond acceptors (Lipinski definition) is 9. The molecule has 1 N–H and O–H groups in total. The van der Waals surface area contributed by atoms with E-state index < -0.39 is 20.9 Å². The highest BCUT2D eigenvalue weighted by Crippen LogP contribution is 2.67. The van der Waals surface area contributed by atoms with Crippen LogP contribution in [-0.4, -0.2) is 51.9 Å². The molecule has 0 amide bonds. The van der Waals surface area contributed by atoms with E-state index in [4.69, 9.17) is 27.6 Å². The molecule has 1 atom stereocenters.